The number of hydrogen-bond acceptors (Lipinski definition) is 3. The molecule has 1 aromatic heterocycles. The summed E-state index contributed by atoms with van der Waals surface area (Å²) in [5.74, 6) is 0.943. The average molecular weight is 336 g/mol. The maximum absolute atomic E-state index is 5.95. The van der Waals surface area contributed by atoms with Gasteiger partial charge in [-0.2, -0.15) is 0 Å². The Balaban J connectivity index is 1.39. The van der Waals surface area contributed by atoms with Crippen LogP contribution in [0.3, 0.4) is 0 Å². The van der Waals surface area contributed by atoms with Crippen molar-refractivity contribution in [3.05, 3.63) is 66.4 Å². The number of benzene rings is 2. The Hall–Kier alpha value is -2.30. The highest BCUT2D eigenvalue weighted by molar-refractivity contribution is 5.81. The van der Waals surface area contributed by atoms with E-state index in [1.165, 1.54) is 16.5 Å². The lowest BCUT2D eigenvalue weighted by Crippen LogP contribution is -2.38. The van der Waals surface area contributed by atoms with E-state index < -0.39 is 0 Å². The minimum absolute atomic E-state index is 0.718. The van der Waals surface area contributed by atoms with E-state index in [-0.39, 0.29) is 0 Å². The highest BCUT2D eigenvalue weighted by Gasteiger charge is 2.10. The number of nitrogens with zero attached hydrogens (tertiary/aromatic N) is 2. The van der Waals surface area contributed by atoms with Crippen molar-refractivity contribution in [1.29, 1.82) is 0 Å². The molecule has 0 bridgehead atoms. The van der Waals surface area contributed by atoms with Crippen LogP contribution < -0.4 is 4.74 Å². The van der Waals surface area contributed by atoms with Gasteiger partial charge in [-0.05, 0) is 29.8 Å². The molecule has 0 spiro atoms. The summed E-state index contributed by atoms with van der Waals surface area (Å²) in [7, 11) is 0. The van der Waals surface area contributed by atoms with Crippen molar-refractivity contribution < 1.29 is 9.47 Å². The fraction of sp³-hybridized carbons (Fsp3) is 0.333. The highest BCUT2D eigenvalue weighted by Crippen LogP contribution is 2.23. The maximum Gasteiger partial charge on any atom is 0.120 e. The minimum Gasteiger partial charge on any atom is -0.492 e. The molecule has 4 heteroatoms. The highest BCUT2D eigenvalue weighted by atomic mass is 16.5. The third kappa shape index (κ3) is 4.03. The molecule has 0 atom stereocenters. The second-order valence-corrected chi connectivity index (χ2v) is 6.45. The zero-order valence-corrected chi connectivity index (χ0v) is 14.4. The largest absolute Gasteiger partial charge is 0.492 e. The Kier molecular flexibility index (Phi) is 5.00. The molecule has 0 N–H and O–H groups in total. The molecule has 2 heterocycles. The normalized spacial score (nSPS) is 15.5. The number of hydrogen-bond donors (Lipinski definition) is 0. The van der Waals surface area contributed by atoms with Gasteiger partial charge in [0.1, 0.15) is 12.4 Å². The van der Waals surface area contributed by atoms with Crippen LogP contribution in [0.25, 0.3) is 10.9 Å². The molecule has 0 aliphatic carbocycles. The van der Waals surface area contributed by atoms with Gasteiger partial charge in [0.2, 0.25) is 0 Å². The van der Waals surface area contributed by atoms with Gasteiger partial charge in [-0.1, -0.05) is 30.3 Å². The third-order valence-corrected chi connectivity index (χ3v) is 4.72. The standard InChI is InChI=1S/C21H24N2O2/c1-2-4-18(5-3-1)17-23-9-8-19-16-20(6-7-21(19)23)25-15-12-22-10-13-24-14-11-22/h1-9,16H,10-15,17H2. The van der Waals surface area contributed by atoms with Gasteiger partial charge >= 0.3 is 0 Å². The lowest BCUT2D eigenvalue weighted by Gasteiger charge is -2.26. The molecular weight excluding hydrogens is 312 g/mol. The molecule has 1 aliphatic rings. The summed E-state index contributed by atoms with van der Waals surface area (Å²) in [4.78, 5) is 2.39. The molecule has 4 nitrogen and oxygen atoms in total. The first-order valence-corrected chi connectivity index (χ1v) is 8.94. The van der Waals surface area contributed by atoms with Gasteiger partial charge in [-0.3, -0.25) is 4.90 Å². The molecule has 25 heavy (non-hydrogen) atoms. The predicted molar refractivity (Wildman–Crippen MR) is 100 cm³/mol. The minimum atomic E-state index is 0.718. The fourth-order valence-corrected chi connectivity index (χ4v) is 3.30. The van der Waals surface area contributed by atoms with Gasteiger partial charge in [-0.15, -0.1) is 0 Å². The van der Waals surface area contributed by atoms with Gasteiger partial charge in [0.25, 0.3) is 0 Å². The van der Waals surface area contributed by atoms with Crippen LogP contribution in [0, 0.1) is 0 Å². The van der Waals surface area contributed by atoms with E-state index in [1.807, 2.05) is 0 Å². The van der Waals surface area contributed by atoms with Gasteiger partial charge < -0.3 is 14.0 Å². The van der Waals surface area contributed by atoms with Crippen molar-refractivity contribution >= 4 is 10.9 Å². The first-order valence-electron chi connectivity index (χ1n) is 8.94. The fourth-order valence-electron chi connectivity index (χ4n) is 3.30. The molecular formula is C21H24N2O2. The van der Waals surface area contributed by atoms with E-state index >= 15 is 0 Å². The van der Waals surface area contributed by atoms with Crippen molar-refractivity contribution in [3.63, 3.8) is 0 Å². The molecule has 0 saturated carbocycles. The monoisotopic (exact) mass is 336 g/mol. The molecule has 4 rings (SSSR count). The number of rotatable bonds is 6. The summed E-state index contributed by atoms with van der Waals surface area (Å²) in [5.41, 5.74) is 2.55. The Morgan fingerprint density at radius 1 is 0.960 bits per heavy atom. The van der Waals surface area contributed by atoms with Gasteiger partial charge in [-0.25, -0.2) is 0 Å². The van der Waals surface area contributed by atoms with Crippen molar-refractivity contribution in [3.8, 4) is 5.75 Å². The molecule has 2 aromatic carbocycles. The van der Waals surface area contributed by atoms with Crippen molar-refractivity contribution in [1.82, 2.24) is 9.47 Å². The molecule has 3 aromatic rings. The lowest BCUT2D eigenvalue weighted by molar-refractivity contribution is 0.0322. The molecule has 0 radical (unpaired) electrons. The molecule has 0 amide bonds. The van der Waals surface area contributed by atoms with E-state index in [9.17, 15) is 0 Å². The molecule has 1 aliphatic heterocycles. The van der Waals surface area contributed by atoms with Crippen LogP contribution in [0.15, 0.2) is 60.8 Å². The number of morpholine rings is 1. The van der Waals surface area contributed by atoms with E-state index in [4.69, 9.17) is 9.47 Å². The van der Waals surface area contributed by atoms with Crippen LogP contribution in [0.5, 0.6) is 5.75 Å². The van der Waals surface area contributed by atoms with Gasteiger partial charge in [0.15, 0.2) is 0 Å². The van der Waals surface area contributed by atoms with Crippen LogP contribution in [0.4, 0.5) is 0 Å². The third-order valence-electron chi connectivity index (χ3n) is 4.72. The molecule has 1 saturated heterocycles. The zero-order valence-electron chi connectivity index (χ0n) is 14.4. The number of ether oxygens (including phenoxy) is 2. The Morgan fingerprint density at radius 3 is 2.64 bits per heavy atom. The van der Waals surface area contributed by atoms with E-state index in [2.05, 4.69) is 70.3 Å². The smallest absolute Gasteiger partial charge is 0.120 e. The van der Waals surface area contributed by atoms with Crippen LogP contribution >= 0.6 is 0 Å². The van der Waals surface area contributed by atoms with Crippen LogP contribution in [0.1, 0.15) is 5.56 Å². The van der Waals surface area contributed by atoms with Crippen molar-refractivity contribution in [2.75, 3.05) is 39.5 Å². The first kappa shape index (κ1) is 16.2. The molecule has 130 valence electrons. The Bertz CT molecular complexity index is 807. The van der Waals surface area contributed by atoms with Crippen LogP contribution in [0.2, 0.25) is 0 Å². The van der Waals surface area contributed by atoms with Crippen molar-refractivity contribution in [2.45, 2.75) is 6.54 Å². The quantitative estimate of drug-likeness (QED) is 0.690. The SMILES string of the molecule is c1ccc(Cn2ccc3cc(OCCN4CCOCC4)ccc32)cc1. The number of aromatic nitrogens is 1. The summed E-state index contributed by atoms with van der Waals surface area (Å²) in [5, 5.41) is 1.22. The summed E-state index contributed by atoms with van der Waals surface area (Å²) < 4.78 is 13.6. The first-order chi connectivity index (χ1) is 12.4. The predicted octanol–water partition coefficient (Wildman–Crippen LogP) is 3.40. The average Bonchev–Trinajstić information content (AvgIpc) is 3.06. The summed E-state index contributed by atoms with van der Waals surface area (Å²) >= 11 is 0. The van der Waals surface area contributed by atoms with E-state index in [0.717, 1.165) is 51.7 Å². The Labute approximate surface area is 148 Å². The van der Waals surface area contributed by atoms with E-state index in [0.29, 0.717) is 0 Å². The maximum atomic E-state index is 5.95. The summed E-state index contributed by atoms with van der Waals surface area (Å²) in [6.07, 6.45) is 2.15. The van der Waals surface area contributed by atoms with E-state index in [1.54, 1.807) is 0 Å². The second-order valence-electron chi connectivity index (χ2n) is 6.45. The van der Waals surface area contributed by atoms with Crippen LogP contribution in [-0.2, 0) is 11.3 Å². The van der Waals surface area contributed by atoms with Gasteiger partial charge in [0, 0.05) is 43.3 Å². The zero-order chi connectivity index (χ0) is 16.9. The number of fused-ring (bicyclic) bond motifs is 1. The van der Waals surface area contributed by atoms with Crippen molar-refractivity contribution in [2.24, 2.45) is 0 Å². The summed E-state index contributed by atoms with van der Waals surface area (Å²) in [6.45, 7) is 6.24. The molecule has 1 fully saturated rings. The van der Waals surface area contributed by atoms with Gasteiger partial charge in [0.05, 0.1) is 13.2 Å². The Morgan fingerprint density at radius 2 is 1.80 bits per heavy atom. The topological polar surface area (TPSA) is 26.6 Å². The summed E-state index contributed by atoms with van der Waals surface area (Å²) in [6, 6.07) is 19.1. The molecule has 0 unspecified atom stereocenters. The lowest BCUT2D eigenvalue weighted by atomic mass is 10.2. The second kappa shape index (κ2) is 7.72. The van der Waals surface area contributed by atoms with Crippen LogP contribution in [-0.4, -0.2) is 48.9 Å².